The number of aromatic hydroxyl groups is 1. The van der Waals surface area contributed by atoms with Crippen LogP contribution in [0.2, 0.25) is 0 Å². The van der Waals surface area contributed by atoms with Gasteiger partial charge in [-0.15, -0.1) is 0 Å². The van der Waals surface area contributed by atoms with Crippen molar-refractivity contribution >= 4 is 5.97 Å². The van der Waals surface area contributed by atoms with E-state index in [0.717, 1.165) is 12.1 Å². The van der Waals surface area contributed by atoms with Gasteiger partial charge in [-0.05, 0) is 38.5 Å². The monoisotopic (exact) mass is 307 g/mol. The first kappa shape index (κ1) is 16.8. The highest BCUT2D eigenvalue weighted by molar-refractivity contribution is 5.70. The first-order valence-electron chi connectivity index (χ1n) is 7.68. The predicted molar refractivity (Wildman–Crippen MR) is 83.7 cm³/mol. The summed E-state index contributed by atoms with van der Waals surface area (Å²) in [6.07, 6.45) is 0.309. The van der Waals surface area contributed by atoms with E-state index in [-0.39, 0.29) is 17.8 Å². The Morgan fingerprint density at radius 3 is 2.91 bits per heavy atom. The Bertz CT molecular complexity index is 510. The van der Waals surface area contributed by atoms with E-state index in [9.17, 15) is 9.90 Å². The molecular weight excluding hydrogens is 282 g/mol. The van der Waals surface area contributed by atoms with Crippen LogP contribution in [0.15, 0.2) is 24.3 Å². The van der Waals surface area contributed by atoms with Crippen molar-refractivity contribution in [3.63, 3.8) is 0 Å². The Morgan fingerprint density at radius 2 is 2.23 bits per heavy atom. The van der Waals surface area contributed by atoms with Crippen molar-refractivity contribution in [1.29, 1.82) is 0 Å². The molecule has 0 amide bonds. The maximum absolute atomic E-state index is 11.8. The topological polar surface area (TPSA) is 59.0 Å². The number of rotatable bonds is 4. The van der Waals surface area contributed by atoms with E-state index in [4.69, 9.17) is 9.47 Å². The minimum absolute atomic E-state index is 0.0699. The molecule has 22 heavy (non-hydrogen) atoms. The second-order valence-corrected chi connectivity index (χ2v) is 6.59. The van der Waals surface area contributed by atoms with Crippen LogP contribution in [0.1, 0.15) is 38.9 Å². The number of carbonyl (C=O) groups excluding carboxylic acids is 1. The zero-order valence-corrected chi connectivity index (χ0v) is 13.5. The summed E-state index contributed by atoms with van der Waals surface area (Å²) in [6, 6.07) is 7.13. The van der Waals surface area contributed by atoms with Gasteiger partial charge >= 0.3 is 5.97 Å². The highest BCUT2D eigenvalue weighted by atomic mass is 16.6. The number of esters is 1. The molecule has 1 aromatic carbocycles. The molecule has 0 aliphatic carbocycles. The molecule has 1 aliphatic heterocycles. The Hall–Kier alpha value is -1.59. The molecule has 122 valence electrons. The Morgan fingerprint density at radius 1 is 1.45 bits per heavy atom. The summed E-state index contributed by atoms with van der Waals surface area (Å²) in [5, 5.41) is 9.56. The van der Waals surface area contributed by atoms with Crippen LogP contribution in [0.4, 0.5) is 0 Å². The van der Waals surface area contributed by atoms with Gasteiger partial charge in [0.15, 0.2) is 0 Å². The van der Waals surface area contributed by atoms with Crippen LogP contribution in [-0.2, 0) is 14.3 Å². The summed E-state index contributed by atoms with van der Waals surface area (Å²) in [6.45, 7) is 8.42. The Kier molecular flexibility index (Phi) is 5.42. The van der Waals surface area contributed by atoms with E-state index in [1.54, 1.807) is 12.1 Å². The van der Waals surface area contributed by atoms with E-state index >= 15 is 0 Å². The van der Waals surface area contributed by atoms with Gasteiger partial charge in [0, 0.05) is 19.6 Å². The van der Waals surface area contributed by atoms with E-state index < -0.39 is 5.60 Å². The Labute approximate surface area is 131 Å². The molecule has 1 aliphatic rings. The van der Waals surface area contributed by atoms with Crippen LogP contribution in [-0.4, -0.2) is 47.8 Å². The number of nitrogens with zero attached hydrogens (tertiary/aromatic N) is 1. The lowest BCUT2D eigenvalue weighted by Crippen LogP contribution is -2.39. The molecule has 2 rings (SSSR count). The molecule has 1 atom stereocenters. The van der Waals surface area contributed by atoms with Gasteiger partial charge in [-0.3, -0.25) is 9.69 Å². The van der Waals surface area contributed by atoms with Gasteiger partial charge in [0.25, 0.3) is 0 Å². The van der Waals surface area contributed by atoms with Crippen LogP contribution >= 0.6 is 0 Å². The van der Waals surface area contributed by atoms with Gasteiger partial charge in [0.2, 0.25) is 0 Å². The van der Waals surface area contributed by atoms with Crippen LogP contribution in [0, 0.1) is 0 Å². The maximum Gasteiger partial charge on any atom is 0.307 e. The number of benzene rings is 1. The summed E-state index contributed by atoms with van der Waals surface area (Å²) >= 11 is 0. The standard InChI is InChI=1S/C17H25NO4/c1-17(2,3)22-16(20)7-8-18-9-10-21-15(12-18)13-5-4-6-14(19)11-13/h4-6,11,15,19H,7-10,12H2,1-3H3. The summed E-state index contributed by atoms with van der Waals surface area (Å²) in [5.74, 6) is 0.0693. The van der Waals surface area contributed by atoms with E-state index in [0.29, 0.717) is 26.1 Å². The van der Waals surface area contributed by atoms with E-state index in [2.05, 4.69) is 4.90 Å². The number of phenols is 1. The molecule has 0 spiro atoms. The number of hydrogen-bond acceptors (Lipinski definition) is 5. The predicted octanol–water partition coefficient (Wildman–Crippen LogP) is 2.50. The fourth-order valence-electron chi connectivity index (χ4n) is 2.47. The molecule has 5 nitrogen and oxygen atoms in total. The van der Waals surface area contributed by atoms with Gasteiger partial charge < -0.3 is 14.6 Å². The first-order valence-corrected chi connectivity index (χ1v) is 7.68. The lowest BCUT2D eigenvalue weighted by molar-refractivity contribution is -0.155. The molecule has 0 bridgehead atoms. The SMILES string of the molecule is CC(C)(C)OC(=O)CCN1CCOC(c2cccc(O)c2)C1. The molecular formula is C17H25NO4. The molecule has 0 aromatic heterocycles. The number of carbonyl (C=O) groups is 1. The van der Waals surface area contributed by atoms with Gasteiger partial charge in [-0.1, -0.05) is 12.1 Å². The van der Waals surface area contributed by atoms with Crippen LogP contribution in [0.25, 0.3) is 0 Å². The average molecular weight is 307 g/mol. The molecule has 1 unspecified atom stereocenters. The largest absolute Gasteiger partial charge is 0.508 e. The Balaban J connectivity index is 1.85. The molecule has 1 saturated heterocycles. The van der Waals surface area contributed by atoms with Crippen molar-refractivity contribution in [3.05, 3.63) is 29.8 Å². The molecule has 0 radical (unpaired) electrons. The molecule has 1 fully saturated rings. The van der Waals surface area contributed by atoms with Gasteiger partial charge in [0.1, 0.15) is 11.4 Å². The number of hydrogen-bond donors (Lipinski definition) is 1. The molecule has 1 N–H and O–H groups in total. The third-order valence-electron chi connectivity index (χ3n) is 3.44. The van der Waals surface area contributed by atoms with Gasteiger partial charge in [0.05, 0.1) is 19.1 Å². The van der Waals surface area contributed by atoms with Crippen molar-refractivity contribution < 1.29 is 19.4 Å². The molecule has 0 saturated carbocycles. The van der Waals surface area contributed by atoms with Crippen LogP contribution in [0.5, 0.6) is 5.75 Å². The molecule has 1 heterocycles. The average Bonchev–Trinajstić information content (AvgIpc) is 2.44. The highest BCUT2D eigenvalue weighted by Gasteiger charge is 2.23. The maximum atomic E-state index is 11.8. The lowest BCUT2D eigenvalue weighted by atomic mass is 10.1. The van der Waals surface area contributed by atoms with Crippen molar-refractivity contribution in [2.45, 2.75) is 38.9 Å². The number of ether oxygens (including phenoxy) is 2. The lowest BCUT2D eigenvalue weighted by Gasteiger charge is -2.33. The highest BCUT2D eigenvalue weighted by Crippen LogP contribution is 2.25. The van der Waals surface area contributed by atoms with E-state index in [1.165, 1.54) is 0 Å². The quantitative estimate of drug-likeness (QED) is 0.866. The van der Waals surface area contributed by atoms with Crippen LogP contribution < -0.4 is 0 Å². The summed E-state index contributed by atoms with van der Waals surface area (Å²) in [5.41, 5.74) is 0.522. The first-order chi connectivity index (χ1) is 10.3. The normalized spacial score (nSPS) is 19.9. The summed E-state index contributed by atoms with van der Waals surface area (Å²) in [4.78, 5) is 14.0. The third kappa shape index (κ3) is 5.31. The van der Waals surface area contributed by atoms with Crippen molar-refractivity contribution in [2.75, 3.05) is 26.2 Å². The summed E-state index contributed by atoms with van der Waals surface area (Å²) in [7, 11) is 0. The van der Waals surface area contributed by atoms with Crippen molar-refractivity contribution in [1.82, 2.24) is 4.90 Å². The molecule has 5 heteroatoms. The zero-order chi connectivity index (χ0) is 16.2. The third-order valence-corrected chi connectivity index (χ3v) is 3.44. The summed E-state index contributed by atoms with van der Waals surface area (Å²) < 4.78 is 11.1. The zero-order valence-electron chi connectivity index (χ0n) is 13.5. The van der Waals surface area contributed by atoms with Gasteiger partial charge in [-0.25, -0.2) is 0 Å². The smallest absolute Gasteiger partial charge is 0.307 e. The minimum Gasteiger partial charge on any atom is -0.508 e. The second kappa shape index (κ2) is 7.11. The van der Waals surface area contributed by atoms with Crippen molar-refractivity contribution in [3.8, 4) is 5.75 Å². The van der Waals surface area contributed by atoms with Crippen LogP contribution in [0.3, 0.4) is 0 Å². The number of morpholine rings is 1. The number of phenolic OH excluding ortho intramolecular Hbond substituents is 1. The van der Waals surface area contributed by atoms with Gasteiger partial charge in [-0.2, -0.15) is 0 Å². The fourth-order valence-corrected chi connectivity index (χ4v) is 2.47. The molecule has 1 aromatic rings. The fraction of sp³-hybridized carbons (Fsp3) is 0.588. The second-order valence-electron chi connectivity index (χ2n) is 6.59. The van der Waals surface area contributed by atoms with Crippen molar-refractivity contribution in [2.24, 2.45) is 0 Å². The minimum atomic E-state index is -0.438. The van der Waals surface area contributed by atoms with E-state index in [1.807, 2.05) is 32.9 Å².